The molecule has 4 aromatic rings. The lowest BCUT2D eigenvalue weighted by molar-refractivity contribution is 0.0951. The molecule has 180 valence electrons. The highest BCUT2D eigenvalue weighted by atomic mass is 32.2. The highest BCUT2D eigenvalue weighted by molar-refractivity contribution is 7.90. The number of carbonyl (C=O) groups is 1. The third-order valence-electron chi connectivity index (χ3n) is 5.12. The van der Waals surface area contributed by atoms with Gasteiger partial charge in [0.2, 0.25) is 0 Å². The normalized spacial score (nSPS) is 10.7. The van der Waals surface area contributed by atoms with Crippen molar-refractivity contribution in [2.75, 3.05) is 7.05 Å². The van der Waals surface area contributed by atoms with Gasteiger partial charge in [0.05, 0.1) is 4.90 Å². The van der Waals surface area contributed by atoms with E-state index < -0.39 is 10.0 Å². The zero-order chi connectivity index (χ0) is 25.4. The summed E-state index contributed by atoms with van der Waals surface area (Å²) in [7, 11) is -2.17. The summed E-state index contributed by atoms with van der Waals surface area (Å²) in [5, 5.41) is 2.74. The average Bonchev–Trinajstić information content (AvgIpc) is 3.27. The molecule has 0 atom stereocenters. The minimum atomic E-state index is -3.81. The van der Waals surface area contributed by atoms with Crippen LogP contribution in [0.4, 0.5) is 4.39 Å². The number of carbonyl (C=O) groups excluding carboxylic acids is 1. The second-order valence-electron chi connectivity index (χ2n) is 7.69. The number of aliphatic imine (C=N–C) groups is 1. The highest BCUT2D eigenvalue weighted by Gasteiger charge is 2.20. The number of hydrogen-bond acceptors (Lipinski definition) is 4. The lowest BCUT2D eigenvalue weighted by atomic mass is 10.1. The molecular weight excluding hydrogens is 465 g/mol. The van der Waals surface area contributed by atoms with Crippen LogP contribution in [0.25, 0.3) is 11.1 Å². The first kappa shape index (κ1) is 25.6. The number of hydrogen-bond donors (Lipinski definition) is 1. The van der Waals surface area contributed by atoms with E-state index in [9.17, 15) is 17.6 Å². The van der Waals surface area contributed by atoms with Crippen molar-refractivity contribution in [3.05, 3.63) is 114 Å². The van der Waals surface area contributed by atoms with E-state index in [-0.39, 0.29) is 23.2 Å². The topological polar surface area (TPSA) is 80.5 Å². The molecule has 4 rings (SSSR count). The van der Waals surface area contributed by atoms with Crippen molar-refractivity contribution in [2.24, 2.45) is 4.99 Å². The van der Waals surface area contributed by atoms with Gasteiger partial charge in [0.25, 0.3) is 15.9 Å². The van der Waals surface area contributed by atoms with E-state index in [1.807, 2.05) is 36.4 Å². The standard InChI is InChI=1S/C25H21FN2O3S.C2H5N/c1-18-15-22(20-5-3-2-4-6-20)17-28(18)32(30,31)24-13-9-21(10-14-24)25(29)27-16-19-7-11-23(26)12-8-19;1-3-2/h2-15,17H,16H2,1H3,(H,27,29);1H2,2H3. The Hall–Kier alpha value is -4.04. The fourth-order valence-corrected chi connectivity index (χ4v) is 4.77. The molecule has 35 heavy (non-hydrogen) atoms. The Morgan fingerprint density at radius 3 is 2.17 bits per heavy atom. The monoisotopic (exact) mass is 491 g/mol. The van der Waals surface area contributed by atoms with Crippen molar-refractivity contribution in [3.8, 4) is 11.1 Å². The predicted octanol–water partition coefficient (Wildman–Crippen LogP) is 5.09. The third-order valence-corrected chi connectivity index (χ3v) is 6.89. The van der Waals surface area contributed by atoms with Crippen LogP contribution in [0.1, 0.15) is 21.6 Å². The number of halogens is 1. The second kappa shape index (κ2) is 11.4. The molecule has 0 saturated heterocycles. The molecule has 0 saturated carbocycles. The summed E-state index contributed by atoms with van der Waals surface area (Å²) >= 11 is 0. The number of benzene rings is 3. The van der Waals surface area contributed by atoms with Crippen LogP contribution in [0.15, 0.2) is 101 Å². The Bertz CT molecular complexity index is 1400. The number of amides is 1. The van der Waals surface area contributed by atoms with Crippen molar-refractivity contribution in [3.63, 3.8) is 0 Å². The average molecular weight is 492 g/mol. The van der Waals surface area contributed by atoms with Crippen LogP contribution in [0.5, 0.6) is 0 Å². The molecule has 8 heteroatoms. The summed E-state index contributed by atoms with van der Waals surface area (Å²) in [5.74, 6) is -0.688. The Kier molecular flexibility index (Phi) is 8.33. The summed E-state index contributed by atoms with van der Waals surface area (Å²) in [4.78, 5) is 15.7. The van der Waals surface area contributed by atoms with Gasteiger partial charge in [-0.1, -0.05) is 42.5 Å². The molecular formula is C27H26FN3O3S. The van der Waals surface area contributed by atoms with Crippen LogP contribution in [-0.2, 0) is 16.6 Å². The van der Waals surface area contributed by atoms with Crippen LogP contribution in [0, 0.1) is 12.7 Å². The maximum atomic E-state index is 13.2. The first-order valence-electron chi connectivity index (χ1n) is 10.7. The lowest BCUT2D eigenvalue weighted by Crippen LogP contribution is -2.23. The second-order valence-corrected chi connectivity index (χ2v) is 9.50. The van der Waals surface area contributed by atoms with Gasteiger partial charge in [-0.15, -0.1) is 0 Å². The van der Waals surface area contributed by atoms with Crippen molar-refractivity contribution >= 4 is 22.6 Å². The van der Waals surface area contributed by atoms with Crippen molar-refractivity contribution in [1.82, 2.24) is 9.29 Å². The molecule has 3 aromatic carbocycles. The fraction of sp³-hybridized carbons (Fsp3) is 0.111. The number of aromatic nitrogens is 1. The maximum Gasteiger partial charge on any atom is 0.267 e. The molecule has 1 N–H and O–H groups in total. The summed E-state index contributed by atoms with van der Waals surface area (Å²) in [6.07, 6.45) is 1.60. The molecule has 0 aliphatic carbocycles. The van der Waals surface area contributed by atoms with Gasteiger partial charge in [0.1, 0.15) is 5.82 Å². The van der Waals surface area contributed by atoms with E-state index in [2.05, 4.69) is 17.0 Å². The molecule has 1 aromatic heterocycles. The Labute approximate surface area is 204 Å². The Balaban J connectivity index is 0.00000108. The van der Waals surface area contributed by atoms with Crippen molar-refractivity contribution in [2.45, 2.75) is 18.4 Å². The molecule has 0 spiro atoms. The van der Waals surface area contributed by atoms with E-state index in [0.29, 0.717) is 11.3 Å². The van der Waals surface area contributed by atoms with Crippen LogP contribution >= 0.6 is 0 Å². The molecule has 0 aliphatic rings. The summed E-state index contributed by atoms with van der Waals surface area (Å²) in [6, 6.07) is 23.0. The van der Waals surface area contributed by atoms with Crippen LogP contribution in [0.3, 0.4) is 0 Å². The van der Waals surface area contributed by atoms with E-state index in [0.717, 1.165) is 16.7 Å². The summed E-state index contributed by atoms with van der Waals surface area (Å²) < 4.78 is 40.5. The van der Waals surface area contributed by atoms with Gasteiger partial charge in [0.15, 0.2) is 0 Å². The molecule has 0 unspecified atom stereocenters. The smallest absolute Gasteiger partial charge is 0.267 e. The van der Waals surface area contributed by atoms with Gasteiger partial charge >= 0.3 is 0 Å². The zero-order valence-corrected chi connectivity index (χ0v) is 20.3. The van der Waals surface area contributed by atoms with Gasteiger partial charge in [-0.05, 0) is 67.2 Å². The number of nitrogens with one attached hydrogen (secondary N) is 1. The number of aryl methyl sites for hydroxylation is 1. The van der Waals surface area contributed by atoms with E-state index in [4.69, 9.17) is 0 Å². The predicted molar refractivity (Wildman–Crippen MR) is 137 cm³/mol. The molecule has 0 fully saturated rings. The largest absolute Gasteiger partial charge is 0.348 e. The SMILES string of the molecule is C=NC.Cc1cc(-c2ccccc2)cn1S(=O)(=O)c1ccc(C(=O)NCc2ccc(F)cc2)cc1. The molecule has 1 heterocycles. The molecule has 6 nitrogen and oxygen atoms in total. The molecule has 0 bridgehead atoms. The Morgan fingerprint density at radius 1 is 0.971 bits per heavy atom. The zero-order valence-electron chi connectivity index (χ0n) is 19.5. The van der Waals surface area contributed by atoms with Gasteiger partial charge in [-0.25, -0.2) is 16.8 Å². The van der Waals surface area contributed by atoms with Crippen molar-refractivity contribution in [1.29, 1.82) is 0 Å². The van der Waals surface area contributed by atoms with Crippen LogP contribution < -0.4 is 5.32 Å². The summed E-state index contributed by atoms with van der Waals surface area (Å²) in [5.41, 5.74) is 3.42. The third kappa shape index (κ3) is 6.30. The van der Waals surface area contributed by atoms with E-state index >= 15 is 0 Å². The maximum absolute atomic E-state index is 13.2. The van der Waals surface area contributed by atoms with E-state index in [1.165, 1.54) is 40.4 Å². The van der Waals surface area contributed by atoms with E-state index in [1.54, 1.807) is 32.3 Å². The molecule has 1 amide bonds. The summed E-state index contributed by atoms with van der Waals surface area (Å²) in [6.45, 7) is 5.09. The minimum Gasteiger partial charge on any atom is -0.348 e. The quantitative estimate of drug-likeness (QED) is 0.382. The van der Waals surface area contributed by atoms with Gasteiger partial charge in [0, 0.05) is 36.6 Å². The fourth-order valence-electron chi connectivity index (χ4n) is 3.38. The number of rotatable bonds is 6. The highest BCUT2D eigenvalue weighted by Crippen LogP contribution is 2.25. The van der Waals surface area contributed by atoms with Gasteiger partial charge in [-0.3, -0.25) is 4.79 Å². The molecule has 0 aliphatic heterocycles. The molecule has 0 radical (unpaired) electrons. The van der Waals surface area contributed by atoms with Crippen LogP contribution in [0.2, 0.25) is 0 Å². The minimum absolute atomic E-state index is 0.0888. The first-order valence-corrected chi connectivity index (χ1v) is 12.2. The van der Waals surface area contributed by atoms with Crippen LogP contribution in [-0.4, -0.2) is 32.1 Å². The Morgan fingerprint density at radius 2 is 1.57 bits per heavy atom. The lowest BCUT2D eigenvalue weighted by Gasteiger charge is -2.09. The van der Waals surface area contributed by atoms with Gasteiger partial charge < -0.3 is 10.3 Å². The first-order chi connectivity index (χ1) is 16.8. The number of nitrogens with zero attached hydrogens (tertiary/aromatic N) is 2. The van der Waals surface area contributed by atoms with Gasteiger partial charge in [-0.2, -0.15) is 0 Å². The van der Waals surface area contributed by atoms with Crippen molar-refractivity contribution < 1.29 is 17.6 Å².